The third kappa shape index (κ3) is 4.06. The normalized spacial score (nSPS) is 23.6. The predicted molar refractivity (Wildman–Crippen MR) is 71.8 cm³/mol. The van der Waals surface area contributed by atoms with Gasteiger partial charge in [-0.2, -0.15) is 0 Å². The van der Waals surface area contributed by atoms with E-state index in [1.54, 1.807) is 0 Å². The van der Waals surface area contributed by atoms with Crippen LogP contribution in [0.2, 0.25) is 0 Å². The Balaban J connectivity index is 2.34. The van der Waals surface area contributed by atoms with E-state index in [4.69, 9.17) is 0 Å². The molecule has 1 aliphatic heterocycles. The Morgan fingerprint density at radius 3 is 2.31 bits per heavy atom. The predicted octanol–water partition coefficient (Wildman–Crippen LogP) is 2.74. The van der Waals surface area contributed by atoms with Gasteiger partial charge in [-0.3, -0.25) is 0 Å². The zero-order valence-electron chi connectivity index (χ0n) is 12.1. The molecule has 1 atom stereocenters. The Kier molecular flexibility index (Phi) is 4.42. The molecule has 1 unspecified atom stereocenters. The van der Waals surface area contributed by atoms with Gasteiger partial charge in [0.05, 0.1) is 0 Å². The number of hydrogen-bond acceptors (Lipinski definition) is 2. The summed E-state index contributed by atoms with van der Waals surface area (Å²) < 4.78 is 0. The highest BCUT2D eigenvalue weighted by atomic mass is 15.2. The van der Waals surface area contributed by atoms with Gasteiger partial charge in [0.2, 0.25) is 0 Å². The van der Waals surface area contributed by atoms with Gasteiger partial charge in [0.1, 0.15) is 0 Å². The zero-order chi connectivity index (χ0) is 12.4. The van der Waals surface area contributed by atoms with E-state index in [1.807, 2.05) is 0 Å². The van der Waals surface area contributed by atoms with Gasteiger partial charge in [0.25, 0.3) is 0 Å². The lowest BCUT2D eigenvalue weighted by Crippen LogP contribution is -2.40. The molecule has 0 spiro atoms. The topological polar surface area (TPSA) is 15.3 Å². The third-order valence-electron chi connectivity index (χ3n) is 3.88. The summed E-state index contributed by atoms with van der Waals surface area (Å²) in [5.74, 6) is 0. The minimum absolute atomic E-state index is 0.365. The maximum Gasteiger partial charge on any atom is 0.0125 e. The average molecular weight is 226 g/mol. The minimum Gasteiger partial charge on any atom is -0.316 e. The second-order valence-corrected chi connectivity index (χ2v) is 7.19. The lowest BCUT2D eigenvalue weighted by Gasteiger charge is -2.32. The van der Waals surface area contributed by atoms with Gasteiger partial charge in [-0.1, -0.05) is 34.6 Å². The van der Waals surface area contributed by atoms with Crippen LogP contribution >= 0.6 is 0 Å². The molecule has 0 aromatic rings. The Morgan fingerprint density at radius 1 is 1.31 bits per heavy atom. The van der Waals surface area contributed by atoms with Gasteiger partial charge in [-0.15, -0.1) is 0 Å². The molecule has 0 aliphatic carbocycles. The molecule has 1 N–H and O–H groups in total. The molecule has 1 rings (SSSR count). The first-order chi connectivity index (χ1) is 7.24. The maximum absolute atomic E-state index is 3.46. The second-order valence-electron chi connectivity index (χ2n) is 7.19. The van der Waals surface area contributed by atoms with Gasteiger partial charge < -0.3 is 10.2 Å². The third-order valence-corrected chi connectivity index (χ3v) is 3.88. The van der Waals surface area contributed by atoms with Crippen molar-refractivity contribution in [3.05, 3.63) is 0 Å². The molecule has 0 bridgehead atoms. The summed E-state index contributed by atoms with van der Waals surface area (Å²) in [7, 11) is 2.09. The second kappa shape index (κ2) is 5.05. The summed E-state index contributed by atoms with van der Waals surface area (Å²) in [6.45, 7) is 15.5. The molecular weight excluding hydrogens is 196 g/mol. The lowest BCUT2D eigenvalue weighted by atomic mass is 9.85. The van der Waals surface area contributed by atoms with Crippen LogP contribution in [0.1, 0.15) is 47.5 Å². The lowest BCUT2D eigenvalue weighted by molar-refractivity contribution is 0.220. The number of rotatable bonds is 4. The Hall–Kier alpha value is -0.0800. The summed E-state index contributed by atoms with van der Waals surface area (Å²) in [5, 5.41) is 3.46. The highest BCUT2D eigenvalue weighted by Gasteiger charge is 2.30. The molecule has 1 heterocycles. The Bertz CT molecular complexity index is 215. The molecule has 1 fully saturated rings. The van der Waals surface area contributed by atoms with Crippen molar-refractivity contribution >= 4 is 0 Å². The highest BCUT2D eigenvalue weighted by Crippen LogP contribution is 2.29. The molecule has 96 valence electrons. The van der Waals surface area contributed by atoms with Crippen LogP contribution in [0.15, 0.2) is 0 Å². The summed E-state index contributed by atoms with van der Waals surface area (Å²) >= 11 is 0. The fraction of sp³-hybridized carbons (Fsp3) is 1.00. The fourth-order valence-electron chi connectivity index (χ4n) is 2.74. The van der Waals surface area contributed by atoms with Crippen LogP contribution in [0.5, 0.6) is 0 Å². The van der Waals surface area contributed by atoms with Crippen LogP contribution in [0.3, 0.4) is 0 Å². The van der Waals surface area contributed by atoms with E-state index >= 15 is 0 Å². The summed E-state index contributed by atoms with van der Waals surface area (Å²) in [5.41, 5.74) is 0.904. The molecule has 1 aliphatic rings. The van der Waals surface area contributed by atoms with Crippen molar-refractivity contribution < 1.29 is 0 Å². The van der Waals surface area contributed by atoms with Crippen molar-refractivity contribution in [1.29, 1.82) is 0 Å². The van der Waals surface area contributed by atoms with E-state index in [1.165, 1.54) is 32.5 Å². The SMILES string of the molecule is CNC(CCN1CCC(C)(C)C1)C(C)(C)C. The number of hydrogen-bond donors (Lipinski definition) is 1. The van der Waals surface area contributed by atoms with Crippen molar-refractivity contribution in [3.8, 4) is 0 Å². The molecule has 2 heteroatoms. The van der Waals surface area contributed by atoms with Crippen molar-refractivity contribution in [2.45, 2.75) is 53.5 Å². The molecule has 0 saturated carbocycles. The Labute approximate surface area is 102 Å². The summed E-state index contributed by atoms with van der Waals surface area (Å²) in [6.07, 6.45) is 2.61. The van der Waals surface area contributed by atoms with E-state index in [0.717, 1.165) is 0 Å². The van der Waals surface area contributed by atoms with Crippen molar-refractivity contribution in [1.82, 2.24) is 10.2 Å². The first kappa shape index (κ1) is 14.0. The van der Waals surface area contributed by atoms with Gasteiger partial charge in [0.15, 0.2) is 0 Å². The van der Waals surface area contributed by atoms with Crippen molar-refractivity contribution in [2.75, 3.05) is 26.7 Å². The van der Waals surface area contributed by atoms with Crippen LogP contribution in [-0.2, 0) is 0 Å². The van der Waals surface area contributed by atoms with E-state index in [-0.39, 0.29) is 0 Å². The van der Waals surface area contributed by atoms with E-state index in [0.29, 0.717) is 16.9 Å². The van der Waals surface area contributed by atoms with Crippen molar-refractivity contribution in [3.63, 3.8) is 0 Å². The average Bonchev–Trinajstić information content (AvgIpc) is 2.44. The number of likely N-dealkylation sites (tertiary alicyclic amines) is 1. The van der Waals surface area contributed by atoms with Crippen LogP contribution in [0, 0.1) is 10.8 Å². The van der Waals surface area contributed by atoms with Crippen LogP contribution in [0.4, 0.5) is 0 Å². The number of nitrogens with zero attached hydrogens (tertiary/aromatic N) is 1. The molecule has 0 aromatic heterocycles. The molecule has 0 radical (unpaired) electrons. The monoisotopic (exact) mass is 226 g/mol. The van der Waals surface area contributed by atoms with Gasteiger partial charge in [-0.25, -0.2) is 0 Å². The van der Waals surface area contributed by atoms with E-state index in [9.17, 15) is 0 Å². The maximum atomic E-state index is 3.46. The fourth-order valence-corrected chi connectivity index (χ4v) is 2.74. The summed E-state index contributed by atoms with van der Waals surface area (Å²) in [4.78, 5) is 2.62. The largest absolute Gasteiger partial charge is 0.316 e. The quantitative estimate of drug-likeness (QED) is 0.793. The highest BCUT2D eigenvalue weighted by molar-refractivity contribution is 4.85. The van der Waals surface area contributed by atoms with Crippen LogP contribution in [-0.4, -0.2) is 37.6 Å². The first-order valence-corrected chi connectivity index (χ1v) is 6.64. The van der Waals surface area contributed by atoms with Gasteiger partial charge in [-0.05, 0) is 43.8 Å². The smallest absolute Gasteiger partial charge is 0.0125 e. The first-order valence-electron chi connectivity index (χ1n) is 6.64. The zero-order valence-corrected chi connectivity index (χ0v) is 12.1. The standard InChI is InChI=1S/C14H30N2/c1-13(2,3)12(15-6)7-9-16-10-8-14(4,5)11-16/h12,15H,7-11H2,1-6H3. The molecule has 0 amide bonds. The van der Waals surface area contributed by atoms with Gasteiger partial charge >= 0.3 is 0 Å². The Morgan fingerprint density at radius 2 is 1.94 bits per heavy atom. The molecule has 16 heavy (non-hydrogen) atoms. The molecule has 0 aromatic carbocycles. The molecule has 1 saturated heterocycles. The van der Waals surface area contributed by atoms with E-state index in [2.05, 4.69) is 51.9 Å². The van der Waals surface area contributed by atoms with Crippen LogP contribution < -0.4 is 5.32 Å². The molecular formula is C14H30N2. The molecule has 2 nitrogen and oxygen atoms in total. The summed E-state index contributed by atoms with van der Waals surface area (Å²) in [6, 6.07) is 0.621. The van der Waals surface area contributed by atoms with Crippen LogP contribution in [0.25, 0.3) is 0 Å². The number of nitrogens with one attached hydrogen (secondary N) is 1. The minimum atomic E-state index is 0.365. The van der Waals surface area contributed by atoms with Gasteiger partial charge in [0, 0.05) is 12.6 Å². The van der Waals surface area contributed by atoms with Crippen molar-refractivity contribution in [2.24, 2.45) is 10.8 Å². The van der Waals surface area contributed by atoms with E-state index < -0.39 is 0 Å².